The van der Waals surface area contributed by atoms with Crippen LogP contribution in [0.2, 0.25) is 5.28 Å². The van der Waals surface area contributed by atoms with Crippen molar-refractivity contribution < 1.29 is 13.2 Å². The zero-order valence-corrected chi connectivity index (χ0v) is 11.4. The van der Waals surface area contributed by atoms with Gasteiger partial charge in [-0.15, -0.1) is 0 Å². The number of alkyl halides is 3. The summed E-state index contributed by atoms with van der Waals surface area (Å²) in [5.41, 5.74) is 0.565. The number of rotatable bonds is 3. The highest BCUT2D eigenvalue weighted by Crippen LogP contribution is 2.29. The third kappa shape index (κ3) is 3.38. The lowest BCUT2D eigenvalue weighted by atomic mass is 10.2. The zero-order valence-electron chi connectivity index (χ0n) is 10.7. The summed E-state index contributed by atoms with van der Waals surface area (Å²) in [4.78, 5) is 6.87. The molecule has 0 aromatic carbocycles. The fraction of sp³-hybridized carbons (Fsp3) is 0.364. The van der Waals surface area contributed by atoms with Crippen LogP contribution in [0.5, 0.6) is 0 Å². The van der Waals surface area contributed by atoms with Crippen LogP contribution in [-0.2, 0) is 19.8 Å². The highest BCUT2D eigenvalue weighted by atomic mass is 35.5. The molecule has 0 aliphatic carbocycles. The van der Waals surface area contributed by atoms with Gasteiger partial charge in [0.05, 0.1) is 5.69 Å². The van der Waals surface area contributed by atoms with Crippen LogP contribution in [0.25, 0.3) is 0 Å². The minimum atomic E-state index is -4.56. The van der Waals surface area contributed by atoms with Crippen LogP contribution in [0.3, 0.4) is 0 Å². The summed E-state index contributed by atoms with van der Waals surface area (Å²) in [7, 11) is 1.76. The van der Waals surface area contributed by atoms with Crippen molar-refractivity contribution in [2.45, 2.75) is 19.6 Å². The molecular weight excluding hydrogens is 295 g/mol. The van der Waals surface area contributed by atoms with Crippen molar-refractivity contribution in [3.8, 4) is 0 Å². The van der Waals surface area contributed by atoms with E-state index >= 15 is 0 Å². The fourth-order valence-electron chi connectivity index (χ4n) is 1.66. The summed E-state index contributed by atoms with van der Waals surface area (Å²) in [5.74, 6) is 0.0144. The average molecular weight is 306 g/mol. The molecule has 0 bridgehead atoms. The third-order valence-electron chi connectivity index (χ3n) is 2.56. The predicted molar refractivity (Wildman–Crippen MR) is 67.3 cm³/mol. The molecule has 2 rings (SSSR count). The van der Waals surface area contributed by atoms with Crippen molar-refractivity contribution in [3.63, 3.8) is 0 Å². The smallest absolute Gasteiger partial charge is 0.366 e. The Kier molecular flexibility index (Phi) is 3.85. The second-order valence-electron chi connectivity index (χ2n) is 4.17. The first-order valence-corrected chi connectivity index (χ1v) is 5.98. The van der Waals surface area contributed by atoms with Crippen LogP contribution in [0.15, 0.2) is 12.3 Å². The fourth-order valence-corrected chi connectivity index (χ4v) is 1.84. The molecule has 1 N–H and O–H groups in total. The molecular formula is C11H11ClF3N5. The van der Waals surface area contributed by atoms with Crippen LogP contribution >= 0.6 is 11.6 Å². The number of aryl methyl sites for hydroxylation is 2. The SMILES string of the molecule is Cc1nn(C)cc1CNc1cc(C(F)(F)F)nc(Cl)n1. The molecule has 9 heteroatoms. The summed E-state index contributed by atoms with van der Waals surface area (Å²) >= 11 is 5.49. The quantitative estimate of drug-likeness (QED) is 0.886. The van der Waals surface area contributed by atoms with Crippen LogP contribution in [0, 0.1) is 6.92 Å². The van der Waals surface area contributed by atoms with Gasteiger partial charge in [-0.25, -0.2) is 9.97 Å². The Hall–Kier alpha value is -1.83. The average Bonchev–Trinajstić information content (AvgIpc) is 2.63. The second kappa shape index (κ2) is 5.28. The van der Waals surface area contributed by atoms with Crippen molar-refractivity contribution in [2.75, 3.05) is 5.32 Å². The van der Waals surface area contributed by atoms with E-state index in [4.69, 9.17) is 11.6 Å². The van der Waals surface area contributed by atoms with Gasteiger partial charge in [-0.3, -0.25) is 4.68 Å². The molecule has 2 heterocycles. The van der Waals surface area contributed by atoms with Gasteiger partial charge in [0.25, 0.3) is 0 Å². The van der Waals surface area contributed by atoms with Crippen molar-refractivity contribution >= 4 is 17.4 Å². The number of hydrogen-bond donors (Lipinski definition) is 1. The number of aromatic nitrogens is 4. The minimum absolute atomic E-state index is 0.0144. The van der Waals surface area contributed by atoms with Crippen LogP contribution in [0.4, 0.5) is 19.0 Å². The Morgan fingerprint density at radius 3 is 2.60 bits per heavy atom. The molecule has 0 atom stereocenters. The Morgan fingerprint density at radius 1 is 1.35 bits per heavy atom. The van der Waals surface area contributed by atoms with E-state index in [1.54, 1.807) is 17.9 Å². The van der Waals surface area contributed by atoms with Crippen molar-refractivity contribution in [1.82, 2.24) is 19.7 Å². The maximum absolute atomic E-state index is 12.6. The molecule has 0 aliphatic rings. The van der Waals surface area contributed by atoms with Gasteiger partial charge in [0, 0.05) is 31.4 Å². The number of anilines is 1. The van der Waals surface area contributed by atoms with Gasteiger partial charge in [0.2, 0.25) is 5.28 Å². The van der Waals surface area contributed by atoms with E-state index in [2.05, 4.69) is 20.4 Å². The first-order valence-electron chi connectivity index (χ1n) is 5.60. The maximum atomic E-state index is 12.6. The van der Waals surface area contributed by atoms with Gasteiger partial charge in [0.15, 0.2) is 5.69 Å². The van der Waals surface area contributed by atoms with Crippen molar-refractivity contribution in [2.24, 2.45) is 7.05 Å². The molecule has 108 valence electrons. The van der Waals surface area contributed by atoms with Gasteiger partial charge >= 0.3 is 6.18 Å². The molecule has 0 fully saturated rings. The third-order valence-corrected chi connectivity index (χ3v) is 2.73. The van der Waals surface area contributed by atoms with Gasteiger partial charge in [-0.2, -0.15) is 18.3 Å². The normalized spacial score (nSPS) is 11.7. The van der Waals surface area contributed by atoms with Crippen molar-refractivity contribution in [1.29, 1.82) is 0 Å². The molecule has 0 spiro atoms. The van der Waals surface area contributed by atoms with E-state index in [0.29, 0.717) is 6.54 Å². The summed E-state index contributed by atoms with van der Waals surface area (Å²) in [6, 6.07) is 0.817. The Morgan fingerprint density at radius 2 is 2.05 bits per heavy atom. The molecule has 0 saturated carbocycles. The van der Waals surface area contributed by atoms with Crippen LogP contribution < -0.4 is 5.32 Å². The van der Waals surface area contributed by atoms with E-state index in [0.717, 1.165) is 17.3 Å². The first kappa shape index (κ1) is 14.6. The molecule has 20 heavy (non-hydrogen) atoms. The lowest BCUT2D eigenvalue weighted by Crippen LogP contribution is -2.11. The lowest BCUT2D eigenvalue weighted by molar-refractivity contribution is -0.141. The molecule has 2 aromatic heterocycles. The minimum Gasteiger partial charge on any atom is -0.366 e. The molecule has 2 aromatic rings. The standard InChI is InChI=1S/C11H11ClF3N5/c1-6-7(5-20(2)19-6)4-16-9-3-8(11(13,14)15)17-10(12)18-9/h3,5H,4H2,1-2H3,(H,16,17,18). The van der Waals surface area contributed by atoms with E-state index in [1.807, 2.05) is 6.92 Å². The Labute approximate surface area is 117 Å². The number of hydrogen-bond acceptors (Lipinski definition) is 4. The summed E-state index contributed by atoms with van der Waals surface area (Å²) < 4.78 is 39.4. The van der Waals surface area contributed by atoms with Crippen LogP contribution in [-0.4, -0.2) is 19.7 Å². The summed E-state index contributed by atoms with van der Waals surface area (Å²) in [6.07, 6.45) is -2.79. The monoisotopic (exact) mass is 305 g/mol. The van der Waals surface area contributed by atoms with Gasteiger partial charge in [-0.05, 0) is 18.5 Å². The molecule has 0 saturated heterocycles. The van der Waals surface area contributed by atoms with E-state index in [-0.39, 0.29) is 5.82 Å². The van der Waals surface area contributed by atoms with E-state index in [1.165, 1.54) is 0 Å². The van der Waals surface area contributed by atoms with Gasteiger partial charge < -0.3 is 5.32 Å². The lowest BCUT2D eigenvalue weighted by Gasteiger charge is -2.09. The first-order chi connectivity index (χ1) is 9.25. The molecule has 0 unspecified atom stereocenters. The summed E-state index contributed by atoms with van der Waals surface area (Å²) in [5, 5.41) is 6.46. The number of nitrogens with one attached hydrogen (secondary N) is 1. The number of nitrogens with zero attached hydrogens (tertiary/aromatic N) is 4. The van der Waals surface area contributed by atoms with Crippen LogP contribution in [0.1, 0.15) is 17.0 Å². The number of halogens is 4. The Balaban J connectivity index is 2.18. The summed E-state index contributed by atoms with van der Waals surface area (Å²) in [6.45, 7) is 2.11. The van der Waals surface area contributed by atoms with Gasteiger partial charge in [0.1, 0.15) is 5.82 Å². The van der Waals surface area contributed by atoms with E-state index in [9.17, 15) is 13.2 Å². The highest BCUT2D eigenvalue weighted by Gasteiger charge is 2.33. The Bertz CT molecular complexity index is 623. The second-order valence-corrected chi connectivity index (χ2v) is 4.51. The molecule has 0 amide bonds. The maximum Gasteiger partial charge on any atom is 0.433 e. The van der Waals surface area contributed by atoms with E-state index < -0.39 is 17.2 Å². The topological polar surface area (TPSA) is 55.6 Å². The zero-order chi connectivity index (χ0) is 14.9. The predicted octanol–water partition coefficient (Wildman–Crippen LogP) is 2.80. The highest BCUT2D eigenvalue weighted by molar-refractivity contribution is 6.28. The van der Waals surface area contributed by atoms with Crippen molar-refractivity contribution in [3.05, 3.63) is 34.5 Å². The van der Waals surface area contributed by atoms with Gasteiger partial charge in [-0.1, -0.05) is 0 Å². The largest absolute Gasteiger partial charge is 0.433 e. The molecule has 0 aliphatic heterocycles. The molecule has 0 radical (unpaired) electrons. The molecule has 5 nitrogen and oxygen atoms in total.